The van der Waals surface area contributed by atoms with Gasteiger partial charge in [-0.15, -0.1) is 0 Å². The molecule has 32 heavy (non-hydrogen) atoms. The minimum atomic E-state index is -0.377. The molecule has 0 aliphatic carbocycles. The molecule has 0 fully saturated rings. The van der Waals surface area contributed by atoms with Gasteiger partial charge in [0, 0.05) is 10.8 Å². The maximum atomic E-state index is 13.7. The van der Waals surface area contributed by atoms with Crippen molar-refractivity contribution in [2.45, 2.75) is 6.54 Å². The molecule has 0 atom stereocenters. The number of aromatic amines is 2. The summed E-state index contributed by atoms with van der Waals surface area (Å²) in [5.74, 6) is -0.753. The predicted octanol–water partition coefficient (Wildman–Crippen LogP) is 3.92. The van der Waals surface area contributed by atoms with Crippen LogP contribution in [0.25, 0.3) is 33.0 Å². The van der Waals surface area contributed by atoms with Gasteiger partial charge in [-0.25, -0.2) is 0 Å². The van der Waals surface area contributed by atoms with E-state index in [0.717, 1.165) is 27.4 Å². The van der Waals surface area contributed by atoms with E-state index in [4.69, 9.17) is 0 Å². The van der Waals surface area contributed by atoms with Crippen LogP contribution in [0.15, 0.2) is 78.9 Å². The summed E-state index contributed by atoms with van der Waals surface area (Å²) in [5, 5.41) is 16.4. The van der Waals surface area contributed by atoms with Crippen molar-refractivity contribution in [1.82, 2.24) is 25.3 Å². The van der Waals surface area contributed by atoms with E-state index in [0.29, 0.717) is 11.4 Å². The van der Waals surface area contributed by atoms with Crippen LogP contribution >= 0.6 is 0 Å². The first-order chi connectivity index (χ1) is 15.7. The molecule has 1 aliphatic rings. The van der Waals surface area contributed by atoms with E-state index in [1.807, 2.05) is 78.9 Å². The highest BCUT2D eigenvalue weighted by molar-refractivity contribution is 6.50. The van der Waals surface area contributed by atoms with Gasteiger partial charge >= 0.3 is 0 Å². The van der Waals surface area contributed by atoms with E-state index >= 15 is 0 Å². The highest BCUT2D eigenvalue weighted by atomic mass is 16.2. The summed E-state index contributed by atoms with van der Waals surface area (Å²) in [4.78, 5) is 28.6. The monoisotopic (exact) mass is 419 g/mol. The van der Waals surface area contributed by atoms with E-state index in [2.05, 4.69) is 20.4 Å². The fourth-order valence-electron chi connectivity index (χ4n) is 4.23. The lowest BCUT2D eigenvalue weighted by Gasteiger charge is -2.15. The number of amides is 2. The predicted molar refractivity (Wildman–Crippen MR) is 121 cm³/mol. The SMILES string of the molecule is O=C1C(c2n[nH]c3ccccc23)=C(c2n[nH]c3ccccc23)C(=O)N1Cc1ccccc1. The zero-order valence-corrected chi connectivity index (χ0v) is 16.9. The van der Waals surface area contributed by atoms with Gasteiger partial charge in [-0.2, -0.15) is 10.2 Å². The number of nitrogens with zero attached hydrogens (tertiary/aromatic N) is 3. The lowest BCUT2D eigenvalue weighted by molar-refractivity contribution is -0.136. The second kappa shape index (κ2) is 7.02. The number of fused-ring (bicyclic) bond motifs is 2. The average molecular weight is 419 g/mol. The number of rotatable bonds is 4. The fraction of sp³-hybridized carbons (Fsp3) is 0.0400. The molecule has 1 aliphatic heterocycles. The quantitative estimate of drug-likeness (QED) is 0.432. The molecule has 2 N–H and O–H groups in total. The Hall–Kier alpha value is -4.52. The number of nitrogens with one attached hydrogen (secondary N) is 2. The molecule has 3 heterocycles. The van der Waals surface area contributed by atoms with Gasteiger partial charge in [-0.05, 0) is 17.7 Å². The van der Waals surface area contributed by atoms with Crippen LogP contribution in [0, 0.1) is 0 Å². The number of imide groups is 1. The molecule has 154 valence electrons. The van der Waals surface area contributed by atoms with Crippen molar-refractivity contribution in [3.05, 3.63) is 95.8 Å². The molecule has 0 bridgehead atoms. The van der Waals surface area contributed by atoms with Gasteiger partial charge in [0.2, 0.25) is 0 Å². The van der Waals surface area contributed by atoms with Gasteiger partial charge in [0.25, 0.3) is 11.8 Å². The third kappa shape index (κ3) is 2.68. The first-order valence-corrected chi connectivity index (χ1v) is 10.2. The second-order valence-electron chi connectivity index (χ2n) is 7.67. The molecule has 0 saturated heterocycles. The maximum absolute atomic E-state index is 13.7. The number of hydrogen-bond acceptors (Lipinski definition) is 4. The van der Waals surface area contributed by atoms with Crippen molar-refractivity contribution < 1.29 is 9.59 Å². The van der Waals surface area contributed by atoms with E-state index < -0.39 is 0 Å². The molecule has 7 nitrogen and oxygen atoms in total. The van der Waals surface area contributed by atoms with Crippen LogP contribution in [0.4, 0.5) is 0 Å². The standard InChI is InChI=1S/C25H17N5O2/c31-24-20(22-16-10-4-6-12-18(16)26-28-22)21(23-17-11-5-7-13-19(17)27-29-23)25(32)30(24)14-15-8-2-1-3-9-15/h1-13H,14H2,(H,26,28)(H,27,29). The summed E-state index contributed by atoms with van der Waals surface area (Å²) < 4.78 is 0. The Morgan fingerprint density at radius 1 is 0.625 bits per heavy atom. The Morgan fingerprint density at radius 3 is 1.62 bits per heavy atom. The Bertz CT molecular complexity index is 1450. The molecule has 0 spiro atoms. The van der Waals surface area contributed by atoms with Gasteiger partial charge in [0.1, 0.15) is 11.4 Å². The third-order valence-electron chi connectivity index (χ3n) is 5.77. The third-order valence-corrected chi connectivity index (χ3v) is 5.77. The Labute approximate surface area is 182 Å². The number of carbonyl (C=O) groups is 2. The molecule has 0 saturated carbocycles. The highest BCUT2D eigenvalue weighted by Gasteiger charge is 2.42. The van der Waals surface area contributed by atoms with Crippen LogP contribution in [-0.4, -0.2) is 37.1 Å². The van der Waals surface area contributed by atoms with Crippen molar-refractivity contribution in [3.63, 3.8) is 0 Å². The molecule has 6 rings (SSSR count). The highest BCUT2D eigenvalue weighted by Crippen LogP contribution is 2.39. The van der Waals surface area contributed by atoms with E-state index in [9.17, 15) is 9.59 Å². The van der Waals surface area contributed by atoms with Gasteiger partial charge < -0.3 is 0 Å². The van der Waals surface area contributed by atoms with Gasteiger partial charge in [0.05, 0.1) is 28.7 Å². The molecule has 0 radical (unpaired) electrons. The Morgan fingerprint density at radius 2 is 1.09 bits per heavy atom. The Balaban J connectivity index is 1.58. The fourth-order valence-corrected chi connectivity index (χ4v) is 4.23. The minimum Gasteiger partial charge on any atom is -0.277 e. The summed E-state index contributed by atoms with van der Waals surface area (Å²) in [6.07, 6.45) is 0. The average Bonchev–Trinajstić information content (AvgIpc) is 3.50. The first-order valence-electron chi connectivity index (χ1n) is 10.2. The van der Waals surface area contributed by atoms with E-state index in [1.165, 1.54) is 4.90 Å². The molecule has 0 unspecified atom stereocenters. The van der Waals surface area contributed by atoms with Crippen LogP contribution in [0.5, 0.6) is 0 Å². The molecule has 5 aromatic rings. The number of hydrogen-bond donors (Lipinski definition) is 2. The zero-order valence-electron chi connectivity index (χ0n) is 16.9. The smallest absolute Gasteiger partial charge is 0.264 e. The number of aromatic nitrogens is 4. The second-order valence-corrected chi connectivity index (χ2v) is 7.67. The molecular formula is C25H17N5O2. The van der Waals surface area contributed by atoms with E-state index in [1.54, 1.807) is 0 Å². The minimum absolute atomic E-state index is 0.177. The van der Waals surface area contributed by atoms with Crippen LogP contribution in [0.2, 0.25) is 0 Å². The number of para-hydroxylation sites is 2. The molecule has 2 aromatic heterocycles. The van der Waals surface area contributed by atoms with Crippen LogP contribution < -0.4 is 0 Å². The van der Waals surface area contributed by atoms with Crippen molar-refractivity contribution in [3.8, 4) is 0 Å². The van der Waals surface area contributed by atoms with Crippen molar-refractivity contribution >= 4 is 44.8 Å². The Kier molecular flexibility index (Phi) is 4.01. The van der Waals surface area contributed by atoms with Crippen molar-refractivity contribution in [2.24, 2.45) is 0 Å². The van der Waals surface area contributed by atoms with Crippen LogP contribution in [0.3, 0.4) is 0 Å². The van der Waals surface area contributed by atoms with Crippen molar-refractivity contribution in [2.75, 3.05) is 0 Å². The number of benzene rings is 3. The number of carbonyl (C=O) groups excluding carboxylic acids is 2. The van der Waals surface area contributed by atoms with Crippen LogP contribution in [0.1, 0.15) is 17.0 Å². The zero-order chi connectivity index (χ0) is 21.7. The molecule has 2 amide bonds. The summed E-state index contributed by atoms with van der Waals surface area (Å²) >= 11 is 0. The summed E-state index contributed by atoms with van der Waals surface area (Å²) in [7, 11) is 0. The summed E-state index contributed by atoms with van der Waals surface area (Å²) in [5.41, 5.74) is 3.90. The molecule has 3 aromatic carbocycles. The van der Waals surface area contributed by atoms with Gasteiger partial charge in [-0.3, -0.25) is 24.7 Å². The lowest BCUT2D eigenvalue weighted by Crippen LogP contribution is -2.31. The first kappa shape index (κ1) is 18.3. The van der Waals surface area contributed by atoms with Gasteiger partial charge in [-0.1, -0.05) is 66.7 Å². The molecule has 7 heteroatoms. The van der Waals surface area contributed by atoms with Crippen molar-refractivity contribution in [1.29, 1.82) is 0 Å². The summed E-state index contributed by atoms with van der Waals surface area (Å²) in [6.45, 7) is 0.177. The summed E-state index contributed by atoms with van der Waals surface area (Å²) in [6, 6.07) is 24.6. The maximum Gasteiger partial charge on any atom is 0.264 e. The van der Waals surface area contributed by atoms with Gasteiger partial charge in [0.15, 0.2) is 0 Å². The van der Waals surface area contributed by atoms with Crippen LogP contribution in [-0.2, 0) is 16.1 Å². The normalized spacial score (nSPS) is 14.3. The largest absolute Gasteiger partial charge is 0.277 e. The molecular weight excluding hydrogens is 402 g/mol. The topological polar surface area (TPSA) is 94.7 Å². The van der Waals surface area contributed by atoms with E-state index in [-0.39, 0.29) is 29.5 Å². The lowest BCUT2D eigenvalue weighted by atomic mass is 10.00. The number of H-pyrrole nitrogens is 2.